The summed E-state index contributed by atoms with van der Waals surface area (Å²) >= 11 is 0. The van der Waals surface area contributed by atoms with Gasteiger partial charge in [-0.2, -0.15) is 0 Å². The summed E-state index contributed by atoms with van der Waals surface area (Å²) in [5.41, 5.74) is 6.16. The van der Waals surface area contributed by atoms with Crippen molar-refractivity contribution in [2.24, 2.45) is 0 Å². The maximum Gasteiger partial charge on any atom is 0.162 e. The fraction of sp³-hybridized carbons (Fsp3) is 0.379. The second-order valence-corrected chi connectivity index (χ2v) is 9.13. The Kier molecular flexibility index (Phi) is 6.92. The van der Waals surface area contributed by atoms with Gasteiger partial charge in [-0.15, -0.1) is 0 Å². The van der Waals surface area contributed by atoms with E-state index in [0.717, 1.165) is 35.1 Å². The first-order chi connectivity index (χ1) is 16.4. The summed E-state index contributed by atoms with van der Waals surface area (Å²) in [4.78, 5) is 2.47. The second-order valence-electron chi connectivity index (χ2n) is 9.13. The van der Waals surface area contributed by atoms with Gasteiger partial charge in [0.15, 0.2) is 23.0 Å². The molecule has 0 amide bonds. The molecule has 2 atom stereocenters. The van der Waals surface area contributed by atoms with E-state index < -0.39 is 0 Å². The summed E-state index contributed by atoms with van der Waals surface area (Å²) in [6.45, 7) is 6.71. The van der Waals surface area contributed by atoms with Gasteiger partial charge < -0.3 is 23.8 Å². The van der Waals surface area contributed by atoms with Crippen LogP contribution in [-0.2, 0) is 6.42 Å². The van der Waals surface area contributed by atoms with Gasteiger partial charge in [0, 0.05) is 17.8 Å². The molecule has 3 aromatic rings. The average molecular weight is 462 g/mol. The fourth-order valence-corrected chi connectivity index (χ4v) is 4.98. The molecule has 0 saturated carbocycles. The van der Waals surface area contributed by atoms with Gasteiger partial charge in [0.25, 0.3) is 0 Å². The molecule has 1 heterocycles. The number of ether oxygens (including phenoxy) is 4. The van der Waals surface area contributed by atoms with E-state index in [0.29, 0.717) is 5.92 Å². The highest BCUT2D eigenvalue weighted by Crippen LogP contribution is 2.46. The molecule has 3 aromatic carbocycles. The van der Waals surface area contributed by atoms with Crippen LogP contribution in [0.4, 0.5) is 5.69 Å². The van der Waals surface area contributed by atoms with Gasteiger partial charge >= 0.3 is 0 Å². The normalized spacial score (nSPS) is 17.4. The highest BCUT2D eigenvalue weighted by molar-refractivity contribution is 5.63. The van der Waals surface area contributed by atoms with E-state index in [2.05, 4.69) is 74.2 Å². The van der Waals surface area contributed by atoms with Crippen molar-refractivity contribution in [2.45, 2.75) is 45.2 Å². The molecular formula is C29H35NO4. The summed E-state index contributed by atoms with van der Waals surface area (Å²) in [5, 5.41) is 0. The van der Waals surface area contributed by atoms with Crippen LogP contribution in [0.1, 0.15) is 55.0 Å². The number of methoxy groups -OCH3 is 4. The van der Waals surface area contributed by atoms with Crippen LogP contribution in [0.3, 0.4) is 0 Å². The van der Waals surface area contributed by atoms with Crippen LogP contribution in [0.15, 0.2) is 54.6 Å². The molecule has 1 aliphatic heterocycles. The number of rotatable bonds is 7. The molecule has 0 bridgehead atoms. The molecule has 5 heteroatoms. The van der Waals surface area contributed by atoms with Gasteiger partial charge in [-0.05, 0) is 65.8 Å². The average Bonchev–Trinajstić information content (AvgIpc) is 2.86. The predicted molar refractivity (Wildman–Crippen MR) is 137 cm³/mol. The first-order valence-corrected chi connectivity index (χ1v) is 11.8. The molecule has 0 unspecified atom stereocenters. The van der Waals surface area contributed by atoms with Crippen LogP contribution in [0, 0.1) is 0 Å². The monoisotopic (exact) mass is 461 g/mol. The van der Waals surface area contributed by atoms with E-state index >= 15 is 0 Å². The highest BCUT2D eigenvalue weighted by Gasteiger charge is 2.35. The van der Waals surface area contributed by atoms with Gasteiger partial charge in [-0.1, -0.05) is 38.1 Å². The Morgan fingerprint density at radius 1 is 0.735 bits per heavy atom. The smallest absolute Gasteiger partial charge is 0.162 e. The van der Waals surface area contributed by atoms with Crippen LogP contribution < -0.4 is 23.8 Å². The van der Waals surface area contributed by atoms with Crippen molar-refractivity contribution in [2.75, 3.05) is 33.3 Å². The van der Waals surface area contributed by atoms with E-state index in [-0.39, 0.29) is 12.1 Å². The first-order valence-electron chi connectivity index (χ1n) is 11.8. The minimum atomic E-state index is 0.0119. The van der Waals surface area contributed by atoms with Crippen molar-refractivity contribution in [1.29, 1.82) is 0 Å². The first kappa shape index (κ1) is 23.8. The third-order valence-corrected chi connectivity index (χ3v) is 6.79. The maximum absolute atomic E-state index is 5.69. The molecule has 0 spiro atoms. The van der Waals surface area contributed by atoms with Crippen LogP contribution in [0.5, 0.6) is 23.0 Å². The largest absolute Gasteiger partial charge is 0.493 e. The Labute approximate surface area is 203 Å². The molecule has 1 aliphatic rings. The summed E-state index contributed by atoms with van der Waals surface area (Å²) < 4.78 is 22.4. The lowest BCUT2D eigenvalue weighted by Gasteiger charge is -2.44. The van der Waals surface area contributed by atoms with Crippen molar-refractivity contribution < 1.29 is 18.9 Å². The van der Waals surface area contributed by atoms with E-state index in [1.54, 1.807) is 28.4 Å². The number of nitrogens with zero attached hydrogens (tertiary/aromatic N) is 1. The lowest BCUT2D eigenvalue weighted by Crippen LogP contribution is -2.43. The quantitative estimate of drug-likeness (QED) is 0.408. The summed E-state index contributed by atoms with van der Waals surface area (Å²) in [6, 6.07) is 19.7. The zero-order valence-electron chi connectivity index (χ0n) is 21.2. The van der Waals surface area contributed by atoms with Crippen molar-refractivity contribution in [1.82, 2.24) is 0 Å². The minimum Gasteiger partial charge on any atom is -0.493 e. The van der Waals surface area contributed by atoms with Crippen LogP contribution in [-0.4, -0.2) is 34.5 Å². The summed E-state index contributed by atoms with van der Waals surface area (Å²) in [5.74, 6) is 3.44. The van der Waals surface area contributed by atoms with Crippen molar-refractivity contribution in [3.05, 3.63) is 76.9 Å². The third kappa shape index (κ3) is 4.27. The van der Waals surface area contributed by atoms with Crippen molar-refractivity contribution >= 4 is 5.69 Å². The van der Waals surface area contributed by atoms with Gasteiger partial charge in [0.1, 0.15) is 0 Å². The van der Waals surface area contributed by atoms with Crippen LogP contribution in [0.25, 0.3) is 0 Å². The standard InChI is InChI=1S/C29H35NO4/c1-18(2)20-8-10-21(11-9-20)29-24-17-28(34-7)26(32-5)15-22(24)14-19(3)30(29)23-12-13-25(31-4)27(16-23)33-6/h8-13,15-19,29H,14H2,1-7H3/t19-,29+/m1/s1. The molecule has 180 valence electrons. The molecule has 34 heavy (non-hydrogen) atoms. The third-order valence-electron chi connectivity index (χ3n) is 6.79. The van der Waals surface area contributed by atoms with Crippen molar-refractivity contribution in [3.63, 3.8) is 0 Å². The van der Waals surface area contributed by atoms with Gasteiger partial charge in [-0.25, -0.2) is 0 Å². The molecule has 0 N–H and O–H groups in total. The van der Waals surface area contributed by atoms with Crippen LogP contribution >= 0.6 is 0 Å². The van der Waals surface area contributed by atoms with Gasteiger partial charge in [0.2, 0.25) is 0 Å². The lowest BCUT2D eigenvalue weighted by atomic mass is 9.83. The molecule has 0 fully saturated rings. The van der Waals surface area contributed by atoms with E-state index in [1.807, 2.05) is 6.07 Å². The summed E-state index contributed by atoms with van der Waals surface area (Å²) in [6.07, 6.45) is 0.893. The molecule has 0 aromatic heterocycles. The topological polar surface area (TPSA) is 40.2 Å². The fourth-order valence-electron chi connectivity index (χ4n) is 4.98. The Morgan fingerprint density at radius 2 is 1.32 bits per heavy atom. The molecule has 0 radical (unpaired) electrons. The Hall–Kier alpha value is -3.34. The number of anilines is 1. The molecule has 0 saturated heterocycles. The molecule has 0 aliphatic carbocycles. The van der Waals surface area contributed by atoms with E-state index in [9.17, 15) is 0 Å². The van der Waals surface area contributed by atoms with Gasteiger partial charge in [-0.3, -0.25) is 0 Å². The Balaban J connectivity index is 1.91. The summed E-state index contributed by atoms with van der Waals surface area (Å²) in [7, 11) is 6.72. The number of hydrogen-bond acceptors (Lipinski definition) is 5. The minimum absolute atomic E-state index is 0.0119. The lowest BCUT2D eigenvalue weighted by molar-refractivity contribution is 0.352. The maximum atomic E-state index is 5.69. The SMILES string of the molecule is COc1ccc(N2[C@@H](c3ccc(C(C)C)cc3)c3cc(OC)c(OC)cc3C[C@H]2C)cc1OC. The zero-order valence-corrected chi connectivity index (χ0v) is 21.2. The molecule has 5 nitrogen and oxygen atoms in total. The molecule has 4 rings (SSSR count). The van der Waals surface area contributed by atoms with Gasteiger partial charge in [0.05, 0.1) is 34.5 Å². The van der Waals surface area contributed by atoms with E-state index in [1.165, 1.54) is 22.3 Å². The number of hydrogen-bond donors (Lipinski definition) is 0. The number of benzene rings is 3. The Bertz CT molecular complexity index is 1140. The van der Waals surface area contributed by atoms with Crippen LogP contribution in [0.2, 0.25) is 0 Å². The Morgan fingerprint density at radius 3 is 1.91 bits per heavy atom. The highest BCUT2D eigenvalue weighted by atomic mass is 16.5. The predicted octanol–water partition coefficient (Wildman–Crippen LogP) is 6.39. The molecular weight excluding hydrogens is 426 g/mol. The van der Waals surface area contributed by atoms with E-state index in [4.69, 9.17) is 18.9 Å². The zero-order chi connectivity index (χ0) is 24.4. The van der Waals surface area contributed by atoms with Crippen molar-refractivity contribution in [3.8, 4) is 23.0 Å². The second kappa shape index (κ2) is 9.88. The number of fused-ring (bicyclic) bond motifs is 1.